The van der Waals surface area contributed by atoms with E-state index in [1.165, 1.54) is 49.3 Å². The second-order valence-electron chi connectivity index (χ2n) is 7.56. The van der Waals surface area contributed by atoms with Crippen LogP contribution in [0.4, 0.5) is 0 Å². The zero-order chi connectivity index (χ0) is 19.6. The summed E-state index contributed by atoms with van der Waals surface area (Å²) in [6, 6.07) is 0.742. The molecular formula is C21H41IN6. The first kappa shape index (κ1) is 25.2. The van der Waals surface area contributed by atoms with Gasteiger partial charge in [-0.2, -0.15) is 5.10 Å². The Morgan fingerprint density at radius 3 is 2.61 bits per heavy atom. The summed E-state index contributed by atoms with van der Waals surface area (Å²) >= 11 is 0. The van der Waals surface area contributed by atoms with E-state index in [2.05, 4.69) is 48.3 Å². The summed E-state index contributed by atoms with van der Waals surface area (Å²) in [5, 5.41) is 11.6. The van der Waals surface area contributed by atoms with Crippen LogP contribution in [-0.2, 0) is 26.4 Å². The molecule has 0 radical (unpaired) electrons. The zero-order valence-electron chi connectivity index (χ0n) is 18.6. The smallest absolute Gasteiger partial charge is 0.191 e. The first-order valence-corrected chi connectivity index (χ1v) is 10.9. The van der Waals surface area contributed by atoms with Crippen molar-refractivity contribution in [2.75, 3.05) is 26.2 Å². The first-order valence-electron chi connectivity index (χ1n) is 10.9. The Labute approximate surface area is 189 Å². The molecule has 0 spiro atoms. The summed E-state index contributed by atoms with van der Waals surface area (Å²) in [7, 11) is 2.04. The molecule has 1 fully saturated rings. The van der Waals surface area contributed by atoms with Gasteiger partial charge in [0.15, 0.2) is 5.96 Å². The molecule has 1 aromatic rings. The Kier molecular flexibility index (Phi) is 12.1. The van der Waals surface area contributed by atoms with Gasteiger partial charge in [-0.05, 0) is 52.5 Å². The predicted octanol–water partition coefficient (Wildman–Crippen LogP) is 3.48. The van der Waals surface area contributed by atoms with Crippen LogP contribution in [0.1, 0.15) is 70.3 Å². The summed E-state index contributed by atoms with van der Waals surface area (Å²) in [5.74, 6) is 0.914. The van der Waals surface area contributed by atoms with E-state index < -0.39 is 0 Å². The lowest BCUT2D eigenvalue weighted by Crippen LogP contribution is -2.41. The molecular weight excluding hydrogens is 463 g/mol. The number of guanidine groups is 1. The van der Waals surface area contributed by atoms with Crippen LogP contribution < -0.4 is 10.6 Å². The molecule has 1 saturated heterocycles. The zero-order valence-corrected chi connectivity index (χ0v) is 20.9. The number of aryl methyl sites for hydroxylation is 2. The lowest BCUT2D eigenvalue weighted by molar-refractivity contribution is 0.159. The molecule has 0 amide bonds. The van der Waals surface area contributed by atoms with Crippen molar-refractivity contribution >= 4 is 29.9 Å². The van der Waals surface area contributed by atoms with Crippen LogP contribution in [-0.4, -0.2) is 52.9 Å². The quantitative estimate of drug-likeness (QED) is 0.234. The molecule has 7 heteroatoms. The number of aromatic nitrogens is 2. The molecule has 0 aliphatic carbocycles. The standard InChI is InChI=1S/C21H40N6.HI/c1-6-19-18(20(7-2)26(5)25-19)16-24-21(22-8-3)23-13-11-15-27-14-10-9-12-17(27)4;/h17H,6-16H2,1-5H3,(H2,22,23,24);1H. The van der Waals surface area contributed by atoms with E-state index in [0.29, 0.717) is 6.54 Å². The van der Waals surface area contributed by atoms with E-state index >= 15 is 0 Å². The number of hydrogen-bond acceptors (Lipinski definition) is 3. The molecule has 0 bridgehead atoms. The number of halogens is 1. The third-order valence-electron chi connectivity index (χ3n) is 5.62. The predicted molar refractivity (Wildman–Crippen MR) is 130 cm³/mol. The molecule has 0 aromatic carbocycles. The maximum Gasteiger partial charge on any atom is 0.191 e. The summed E-state index contributed by atoms with van der Waals surface area (Å²) in [6.45, 7) is 13.8. The van der Waals surface area contributed by atoms with E-state index in [1.54, 1.807) is 0 Å². The van der Waals surface area contributed by atoms with Crippen LogP contribution >= 0.6 is 24.0 Å². The lowest BCUT2D eigenvalue weighted by Gasteiger charge is -2.33. The van der Waals surface area contributed by atoms with Crippen LogP contribution in [0.25, 0.3) is 0 Å². The molecule has 1 aromatic heterocycles. The van der Waals surface area contributed by atoms with Gasteiger partial charge in [0.05, 0.1) is 12.2 Å². The molecule has 162 valence electrons. The van der Waals surface area contributed by atoms with Gasteiger partial charge in [-0.25, -0.2) is 4.99 Å². The molecule has 6 nitrogen and oxygen atoms in total. The fourth-order valence-corrected chi connectivity index (χ4v) is 4.05. The van der Waals surface area contributed by atoms with Gasteiger partial charge in [0.1, 0.15) is 0 Å². The van der Waals surface area contributed by atoms with Gasteiger partial charge in [0.25, 0.3) is 0 Å². The highest BCUT2D eigenvalue weighted by Gasteiger charge is 2.17. The second-order valence-corrected chi connectivity index (χ2v) is 7.56. The summed E-state index contributed by atoms with van der Waals surface area (Å²) < 4.78 is 2.02. The molecule has 2 rings (SSSR count). The Balaban J connectivity index is 0.00000392. The summed E-state index contributed by atoms with van der Waals surface area (Å²) in [6.07, 6.45) is 7.20. The Bertz CT molecular complexity index is 598. The third-order valence-corrected chi connectivity index (χ3v) is 5.62. The van der Waals surface area contributed by atoms with Crippen LogP contribution in [0.15, 0.2) is 4.99 Å². The van der Waals surface area contributed by atoms with Gasteiger partial charge in [-0.3, -0.25) is 4.68 Å². The average molecular weight is 505 g/mol. The van der Waals surface area contributed by atoms with Crippen molar-refractivity contribution in [3.63, 3.8) is 0 Å². The van der Waals surface area contributed by atoms with E-state index in [-0.39, 0.29) is 24.0 Å². The largest absolute Gasteiger partial charge is 0.357 e. The van der Waals surface area contributed by atoms with Crippen molar-refractivity contribution in [2.24, 2.45) is 12.0 Å². The SMILES string of the molecule is CCNC(=NCc1c(CC)nn(C)c1CC)NCCCN1CCCCC1C.I. The summed E-state index contributed by atoms with van der Waals surface area (Å²) in [4.78, 5) is 7.47. The number of hydrogen-bond donors (Lipinski definition) is 2. The maximum atomic E-state index is 4.84. The van der Waals surface area contributed by atoms with Crippen LogP contribution in [0, 0.1) is 0 Å². The molecule has 0 saturated carbocycles. The van der Waals surface area contributed by atoms with E-state index in [4.69, 9.17) is 4.99 Å². The van der Waals surface area contributed by atoms with E-state index in [1.807, 2.05) is 11.7 Å². The van der Waals surface area contributed by atoms with E-state index in [9.17, 15) is 0 Å². The number of rotatable bonds is 9. The number of piperidine rings is 1. The van der Waals surface area contributed by atoms with Crippen LogP contribution in [0.3, 0.4) is 0 Å². The average Bonchev–Trinajstić information content (AvgIpc) is 2.98. The fraction of sp³-hybridized carbons (Fsp3) is 0.810. The van der Waals surface area contributed by atoms with Crippen molar-refractivity contribution < 1.29 is 0 Å². The van der Waals surface area contributed by atoms with Crippen molar-refractivity contribution in [3.05, 3.63) is 17.0 Å². The number of nitrogens with one attached hydrogen (secondary N) is 2. The van der Waals surface area contributed by atoms with Crippen molar-refractivity contribution in [1.82, 2.24) is 25.3 Å². The first-order chi connectivity index (χ1) is 13.1. The number of nitrogens with zero attached hydrogens (tertiary/aromatic N) is 4. The lowest BCUT2D eigenvalue weighted by atomic mass is 10.0. The molecule has 2 heterocycles. The fourth-order valence-electron chi connectivity index (χ4n) is 4.05. The molecule has 2 N–H and O–H groups in total. The highest BCUT2D eigenvalue weighted by Crippen LogP contribution is 2.17. The highest BCUT2D eigenvalue weighted by molar-refractivity contribution is 14.0. The maximum absolute atomic E-state index is 4.84. The van der Waals surface area contributed by atoms with Gasteiger partial charge >= 0.3 is 0 Å². The molecule has 1 unspecified atom stereocenters. The third kappa shape index (κ3) is 7.21. The minimum Gasteiger partial charge on any atom is -0.357 e. The van der Waals surface area contributed by atoms with Crippen LogP contribution in [0.2, 0.25) is 0 Å². The van der Waals surface area contributed by atoms with E-state index in [0.717, 1.165) is 44.4 Å². The van der Waals surface area contributed by atoms with Gasteiger partial charge in [0, 0.05) is 44.0 Å². The van der Waals surface area contributed by atoms with Gasteiger partial charge < -0.3 is 15.5 Å². The molecule has 1 atom stereocenters. The Morgan fingerprint density at radius 1 is 1.18 bits per heavy atom. The number of aliphatic imine (C=N–C) groups is 1. The summed E-state index contributed by atoms with van der Waals surface area (Å²) in [5.41, 5.74) is 3.76. The monoisotopic (exact) mass is 504 g/mol. The van der Waals surface area contributed by atoms with Gasteiger partial charge in [-0.1, -0.05) is 20.3 Å². The Morgan fingerprint density at radius 2 is 1.96 bits per heavy atom. The van der Waals surface area contributed by atoms with Gasteiger partial charge in [0.2, 0.25) is 0 Å². The van der Waals surface area contributed by atoms with Crippen LogP contribution in [0.5, 0.6) is 0 Å². The Hall–Kier alpha value is -0.830. The second kappa shape index (κ2) is 13.4. The minimum absolute atomic E-state index is 0. The van der Waals surface area contributed by atoms with Crippen molar-refractivity contribution in [3.8, 4) is 0 Å². The van der Waals surface area contributed by atoms with Crippen molar-refractivity contribution in [2.45, 2.75) is 78.8 Å². The minimum atomic E-state index is 0. The van der Waals surface area contributed by atoms with Crippen molar-refractivity contribution in [1.29, 1.82) is 0 Å². The van der Waals surface area contributed by atoms with Gasteiger partial charge in [-0.15, -0.1) is 24.0 Å². The topological polar surface area (TPSA) is 57.5 Å². The normalized spacial score (nSPS) is 18.0. The molecule has 1 aliphatic rings. The molecule has 1 aliphatic heterocycles. The highest BCUT2D eigenvalue weighted by atomic mass is 127. The molecule has 28 heavy (non-hydrogen) atoms. The number of likely N-dealkylation sites (tertiary alicyclic amines) is 1.